The van der Waals surface area contributed by atoms with Crippen LogP contribution >= 0.6 is 35.3 Å². The van der Waals surface area contributed by atoms with Gasteiger partial charge in [0.05, 0.1) is 16.2 Å². The first-order valence-corrected chi connectivity index (χ1v) is 8.73. The lowest BCUT2D eigenvalue weighted by atomic mass is 10.1. The van der Waals surface area contributed by atoms with E-state index in [1.807, 2.05) is 17.5 Å². The number of nitrogens with zero attached hydrogens (tertiary/aromatic N) is 1. The first-order valence-electron chi connectivity index (χ1n) is 6.63. The third-order valence-electron chi connectivity index (χ3n) is 3.32. The highest BCUT2D eigenvalue weighted by molar-refractivity contribution is 8.27. The number of benzene rings is 1. The molecule has 0 bridgehead atoms. The predicted octanol–water partition coefficient (Wildman–Crippen LogP) is 4.16. The van der Waals surface area contributed by atoms with Gasteiger partial charge in [0.25, 0.3) is 5.91 Å². The number of hydrogen-bond donors (Lipinski definition) is 1. The van der Waals surface area contributed by atoms with Crippen molar-refractivity contribution in [1.82, 2.24) is 0 Å². The van der Waals surface area contributed by atoms with Crippen LogP contribution in [0.2, 0.25) is 0 Å². The number of thioether (sulfide) groups is 1. The van der Waals surface area contributed by atoms with Crippen LogP contribution in [0.25, 0.3) is 6.08 Å². The average molecular weight is 361 g/mol. The molecule has 1 amide bonds. The Morgan fingerprint density at radius 2 is 2.13 bits per heavy atom. The second-order valence-corrected chi connectivity index (χ2v) is 7.49. The quantitative estimate of drug-likeness (QED) is 0.657. The Morgan fingerprint density at radius 3 is 2.78 bits per heavy atom. The number of carboxylic acids is 1. The van der Waals surface area contributed by atoms with E-state index in [1.165, 1.54) is 34.1 Å². The van der Waals surface area contributed by atoms with Gasteiger partial charge in [-0.05, 0) is 42.1 Å². The fraction of sp³-hybridized carbons (Fsp3) is 0.0625. The Kier molecular flexibility index (Phi) is 4.34. The minimum absolute atomic E-state index is 0.166. The molecule has 1 aliphatic heterocycles. The number of amides is 1. The van der Waals surface area contributed by atoms with Crippen molar-refractivity contribution >= 4 is 63.3 Å². The van der Waals surface area contributed by atoms with Gasteiger partial charge in [0, 0.05) is 4.88 Å². The summed E-state index contributed by atoms with van der Waals surface area (Å²) in [5.74, 6) is -1.25. The Labute approximate surface area is 146 Å². The number of thiophene rings is 1. The second kappa shape index (κ2) is 6.27. The van der Waals surface area contributed by atoms with Gasteiger partial charge in [-0.25, -0.2) is 4.79 Å². The average Bonchev–Trinajstić information content (AvgIpc) is 3.09. The molecule has 0 aliphatic carbocycles. The van der Waals surface area contributed by atoms with Crippen LogP contribution in [0.5, 0.6) is 0 Å². The zero-order chi connectivity index (χ0) is 16.6. The van der Waals surface area contributed by atoms with Gasteiger partial charge in [0.15, 0.2) is 4.32 Å². The summed E-state index contributed by atoms with van der Waals surface area (Å²) >= 11 is 8.06. The SMILES string of the molecule is Cc1ccc(N2C(=O)C(=Cc3cccs3)SC2=S)cc1C(=O)O. The van der Waals surface area contributed by atoms with E-state index in [9.17, 15) is 14.7 Å². The molecule has 0 spiro atoms. The molecular formula is C16H11NO3S3. The molecule has 1 aromatic carbocycles. The molecule has 2 aromatic rings. The topological polar surface area (TPSA) is 57.6 Å². The minimum atomic E-state index is -1.02. The first kappa shape index (κ1) is 15.9. The van der Waals surface area contributed by atoms with E-state index in [0.717, 1.165) is 4.88 Å². The molecule has 0 unspecified atom stereocenters. The van der Waals surface area contributed by atoms with Crippen molar-refractivity contribution in [2.45, 2.75) is 6.92 Å². The maximum Gasteiger partial charge on any atom is 0.336 e. The van der Waals surface area contributed by atoms with E-state index in [2.05, 4.69) is 0 Å². The van der Waals surface area contributed by atoms with Crippen molar-refractivity contribution in [2.75, 3.05) is 4.90 Å². The highest BCUT2D eigenvalue weighted by Gasteiger charge is 2.33. The summed E-state index contributed by atoms with van der Waals surface area (Å²) in [6.45, 7) is 1.72. The van der Waals surface area contributed by atoms with Crippen LogP contribution in [0.1, 0.15) is 20.8 Å². The molecule has 2 heterocycles. The van der Waals surface area contributed by atoms with E-state index in [4.69, 9.17) is 12.2 Å². The molecule has 1 aromatic heterocycles. The van der Waals surface area contributed by atoms with Crippen LogP contribution < -0.4 is 4.90 Å². The molecule has 4 nitrogen and oxygen atoms in total. The molecule has 1 fully saturated rings. The fourth-order valence-corrected chi connectivity index (χ4v) is 4.19. The van der Waals surface area contributed by atoms with Crippen molar-refractivity contribution in [3.8, 4) is 0 Å². The van der Waals surface area contributed by atoms with Crippen molar-refractivity contribution in [2.24, 2.45) is 0 Å². The number of rotatable bonds is 3. The van der Waals surface area contributed by atoms with Crippen LogP contribution in [0.15, 0.2) is 40.6 Å². The van der Waals surface area contributed by atoms with Crippen LogP contribution in [-0.2, 0) is 4.79 Å². The van der Waals surface area contributed by atoms with Gasteiger partial charge in [-0.2, -0.15) is 0 Å². The normalized spacial score (nSPS) is 16.4. The molecule has 7 heteroatoms. The third-order valence-corrected chi connectivity index (χ3v) is 5.44. The summed E-state index contributed by atoms with van der Waals surface area (Å²) in [5.41, 5.74) is 1.28. The fourth-order valence-electron chi connectivity index (χ4n) is 2.17. The summed E-state index contributed by atoms with van der Waals surface area (Å²) in [6, 6.07) is 8.71. The molecule has 1 N–H and O–H groups in total. The van der Waals surface area contributed by atoms with Gasteiger partial charge in [0.1, 0.15) is 0 Å². The zero-order valence-electron chi connectivity index (χ0n) is 12.0. The maximum absolute atomic E-state index is 12.6. The largest absolute Gasteiger partial charge is 0.478 e. The lowest BCUT2D eigenvalue weighted by Gasteiger charge is -2.15. The van der Waals surface area contributed by atoms with E-state index in [1.54, 1.807) is 25.1 Å². The second-order valence-electron chi connectivity index (χ2n) is 4.84. The number of carboxylic acid groups (broad SMARTS) is 1. The Bertz CT molecular complexity index is 840. The van der Waals surface area contributed by atoms with E-state index < -0.39 is 5.97 Å². The van der Waals surface area contributed by atoms with Gasteiger partial charge in [-0.3, -0.25) is 9.69 Å². The Morgan fingerprint density at radius 1 is 1.35 bits per heavy atom. The summed E-state index contributed by atoms with van der Waals surface area (Å²) in [5, 5.41) is 11.2. The highest BCUT2D eigenvalue weighted by Crippen LogP contribution is 2.37. The number of aryl methyl sites for hydroxylation is 1. The predicted molar refractivity (Wildman–Crippen MR) is 98.1 cm³/mol. The molecule has 23 heavy (non-hydrogen) atoms. The van der Waals surface area contributed by atoms with E-state index in [-0.39, 0.29) is 11.5 Å². The number of carbonyl (C=O) groups is 2. The lowest BCUT2D eigenvalue weighted by Crippen LogP contribution is -2.27. The van der Waals surface area contributed by atoms with Gasteiger partial charge in [-0.15, -0.1) is 11.3 Å². The molecular weight excluding hydrogens is 350 g/mol. The molecule has 3 rings (SSSR count). The van der Waals surface area contributed by atoms with Gasteiger partial charge in [-0.1, -0.05) is 36.1 Å². The summed E-state index contributed by atoms with van der Waals surface area (Å²) in [7, 11) is 0. The Balaban J connectivity index is 1.98. The Hall–Kier alpha value is -1.96. The molecule has 1 aliphatic rings. The molecule has 116 valence electrons. The number of aromatic carboxylic acids is 1. The third kappa shape index (κ3) is 3.08. The summed E-state index contributed by atoms with van der Waals surface area (Å²) < 4.78 is 0.401. The smallest absolute Gasteiger partial charge is 0.336 e. The van der Waals surface area contributed by atoms with Crippen molar-refractivity contribution in [3.63, 3.8) is 0 Å². The molecule has 0 radical (unpaired) electrons. The summed E-state index contributed by atoms with van der Waals surface area (Å²) in [6.07, 6.45) is 1.80. The van der Waals surface area contributed by atoms with Gasteiger partial charge in [0.2, 0.25) is 0 Å². The van der Waals surface area contributed by atoms with Crippen LogP contribution in [-0.4, -0.2) is 21.3 Å². The number of carbonyl (C=O) groups excluding carboxylic acids is 1. The monoisotopic (exact) mass is 361 g/mol. The zero-order valence-corrected chi connectivity index (χ0v) is 14.4. The lowest BCUT2D eigenvalue weighted by molar-refractivity contribution is -0.113. The van der Waals surface area contributed by atoms with Crippen LogP contribution in [0, 0.1) is 6.92 Å². The van der Waals surface area contributed by atoms with Gasteiger partial charge >= 0.3 is 5.97 Å². The van der Waals surface area contributed by atoms with Gasteiger partial charge < -0.3 is 5.11 Å². The van der Waals surface area contributed by atoms with Crippen molar-refractivity contribution in [3.05, 3.63) is 56.6 Å². The molecule has 0 atom stereocenters. The van der Waals surface area contributed by atoms with E-state index >= 15 is 0 Å². The summed E-state index contributed by atoms with van der Waals surface area (Å²) in [4.78, 5) is 26.8. The highest BCUT2D eigenvalue weighted by atomic mass is 32.2. The molecule has 1 saturated heterocycles. The van der Waals surface area contributed by atoms with Crippen molar-refractivity contribution in [1.29, 1.82) is 0 Å². The van der Waals surface area contributed by atoms with E-state index in [0.29, 0.717) is 20.5 Å². The number of thiocarbonyl (C=S) groups is 1. The number of hydrogen-bond acceptors (Lipinski definition) is 5. The van der Waals surface area contributed by atoms with Crippen LogP contribution in [0.4, 0.5) is 5.69 Å². The number of anilines is 1. The minimum Gasteiger partial charge on any atom is -0.478 e. The molecule has 0 saturated carbocycles. The standard InChI is InChI=1S/C16H11NO3S3/c1-9-4-5-10(7-12(9)15(19)20)17-14(18)13(23-16(17)21)8-11-3-2-6-22-11/h2-8H,1H3,(H,19,20). The first-order chi connectivity index (χ1) is 11.0. The van der Waals surface area contributed by atoms with Crippen LogP contribution in [0.3, 0.4) is 0 Å². The van der Waals surface area contributed by atoms with Crippen molar-refractivity contribution < 1.29 is 14.7 Å². The maximum atomic E-state index is 12.6.